The fourth-order valence-corrected chi connectivity index (χ4v) is 9.91. The second kappa shape index (κ2) is 27.3. The van der Waals surface area contributed by atoms with Crippen LogP contribution in [0, 0.1) is 5.41 Å². The Kier molecular flexibility index (Phi) is 23.8. The number of unbranched alkanes of at least 4 members (excludes halogenated alkanes) is 10. The molecule has 0 bridgehead atoms. The molecule has 2 amide bonds. The third-order valence-electron chi connectivity index (χ3n) is 9.98. The summed E-state index contributed by atoms with van der Waals surface area (Å²) in [5.41, 5.74) is 4.09. The molecule has 3 heterocycles. The first kappa shape index (κ1) is 56.6. The highest BCUT2D eigenvalue weighted by molar-refractivity contribution is 8.13. The first-order valence-electron chi connectivity index (χ1n) is 21.1. The van der Waals surface area contributed by atoms with Gasteiger partial charge in [-0.1, -0.05) is 89.1 Å². The van der Waals surface area contributed by atoms with Gasteiger partial charge in [0.15, 0.2) is 22.8 Å². The fourth-order valence-electron chi connectivity index (χ4n) is 6.46. The van der Waals surface area contributed by atoms with Crippen LogP contribution in [0.3, 0.4) is 0 Å². The van der Waals surface area contributed by atoms with E-state index in [9.17, 15) is 57.9 Å². The van der Waals surface area contributed by atoms with Gasteiger partial charge in [0.1, 0.15) is 36.3 Å². The number of phosphoric ester groups is 3. The first-order valence-corrected chi connectivity index (χ1v) is 26.5. The Morgan fingerprint density at radius 3 is 2.22 bits per heavy atom. The molecule has 0 saturated carbocycles. The number of nitrogens with one attached hydrogen (secondary N) is 2. The van der Waals surface area contributed by atoms with Crippen LogP contribution in [-0.4, -0.2) is 103 Å². The number of aliphatic hydroxyl groups excluding tert-OH is 2. The largest absolute Gasteiger partial charge is 0.790 e. The van der Waals surface area contributed by atoms with E-state index in [0.29, 0.717) is 12.2 Å². The van der Waals surface area contributed by atoms with E-state index in [4.69, 9.17) is 10.5 Å². The number of carbonyl (C=O) groups excluding carboxylic acids is 3. The number of hydrogen-bond acceptors (Lipinski definition) is 22. The predicted octanol–water partition coefficient (Wildman–Crippen LogP) is 1.39. The monoisotopic (exact) mass is 999 g/mol. The topological polar surface area (TPSA) is 375 Å². The lowest BCUT2D eigenvalue weighted by atomic mass is 9.87. The Morgan fingerprint density at radius 1 is 0.938 bits per heavy atom. The van der Waals surface area contributed by atoms with E-state index < -0.39 is 84.6 Å². The lowest BCUT2D eigenvalue weighted by Crippen LogP contribution is -2.46. The van der Waals surface area contributed by atoms with Crippen molar-refractivity contribution in [3.63, 3.8) is 0 Å². The quantitative estimate of drug-likeness (QED) is 0.0393. The van der Waals surface area contributed by atoms with Gasteiger partial charge in [-0.25, -0.2) is 19.3 Å². The summed E-state index contributed by atoms with van der Waals surface area (Å²) in [5, 5.41) is 26.5. The molecular weight excluding hydrogens is 939 g/mol. The Morgan fingerprint density at radius 2 is 1.57 bits per heavy atom. The summed E-state index contributed by atoms with van der Waals surface area (Å²) < 4.78 is 60.8. The van der Waals surface area contributed by atoms with Crippen molar-refractivity contribution in [3.05, 3.63) is 24.8 Å². The van der Waals surface area contributed by atoms with Crippen molar-refractivity contribution in [2.75, 3.05) is 37.8 Å². The molecule has 3 rings (SSSR count). The maximum Gasteiger partial charge on any atom is 0.274 e. The highest BCUT2D eigenvalue weighted by atomic mass is 32.2. The molecule has 24 nitrogen and oxygen atoms in total. The zero-order chi connectivity index (χ0) is 48.3. The summed E-state index contributed by atoms with van der Waals surface area (Å²) in [5.74, 6) is -1.14. The van der Waals surface area contributed by atoms with Crippen LogP contribution in [0.1, 0.15) is 110 Å². The number of rotatable bonds is 32. The molecule has 0 aliphatic carbocycles. The first-order chi connectivity index (χ1) is 30.6. The smallest absolute Gasteiger partial charge is 0.274 e. The zero-order valence-electron chi connectivity index (χ0n) is 36.6. The molecule has 6 N–H and O–H groups in total. The number of nitrogen functional groups attached to an aromatic ring is 1. The molecule has 7 atom stereocenters. The average Bonchev–Trinajstić information content (AvgIpc) is 3.79. The number of amides is 2. The van der Waals surface area contributed by atoms with Crippen LogP contribution in [-0.2, 0) is 50.7 Å². The van der Waals surface area contributed by atoms with Crippen molar-refractivity contribution in [2.24, 2.45) is 5.41 Å². The molecule has 0 spiro atoms. The van der Waals surface area contributed by atoms with Gasteiger partial charge in [-0.2, -0.15) is 0 Å². The Hall–Kier alpha value is -2.70. The number of anilines is 1. The summed E-state index contributed by atoms with van der Waals surface area (Å²) in [6, 6.07) is 0. The van der Waals surface area contributed by atoms with Crippen molar-refractivity contribution in [1.82, 2.24) is 30.2 Å². The predicted molar refractivity (Wildman–Crippen MR) is 228 cm³/mol. The highest BCUT2D eigenvalue weighted by Gasteiger charge is 2.47. The molecule has 1 fully saturated rings. The lowest BCUT2D eigenvalue weighted by molar-refractivity contribution is -0.347. The summed E-state index contributed by atoms with van der Waals surface area (Å²) >= 11 is 1.14. The van der Waals surface area contributed by atoms with E-state index in [0.717, 1.165) is 54.7 Å². The van der Waals surface area contributed by atoms with Crippen molar-refractivity contribution in [2.45, 2.75) is 135 Å². The maximum atomic E-state index is 12.6. The minimum atomic E-state index is -5.92. The van der Waals surface area contributed by atoms with E-state index in [-0.39, 0.29) is 41.6 Å². The number of hydrogen-bond donors (Lipinski definition) is 5. The number of aromatic nitrogens is 4. The van der Waals surface area contributed by atoms with Gasteiger partial charge in [-0.3, -0.25) is 28.1 Å². The van der Waals surface area contributed by atoms with Crippen molar-refractivity contribution in [3.8, 4) is 0 Å². The van der Waals surface area contributed by atoms with E-state index >= 15 is 0 Å². The number of nitrogens with two attached hydrogens (primary N) is 1. The zero-order valence-corrected chi connectivity index (χ0v) is 40.1. The van der Waals surface area contributed by atoms with Gasteiger partial charge in [0, 0.05) is 37.1 Å². The van der Waals surface area contributed by atoms with Crippen LogP contribution in [0.2, 0.25) is 0 Å². The summed E-state index contributed by atoms with van der Waals surface area (Å²) in [6.45, 7) is 2.21. The number of phosphoric acid groups is 3. The molecule has 0 radical (unpaired) electrons. The number of thioether (sulfide) groups is 1. The molecule has 1 saturated heterocycles. The second-order valence-electron chi connectivity index (χ2n) is 15.8. The van der Waals surface area contributed by atoms with Crippen LogP contribution in [0.4, 0.5) is 5.82 Å². The molecule has 0 aromatic carbocycles. The third-order valence-corrected chi connectivity index (χ3v) is 13.9. The number of aliphatic hydroxyl groups is 2. The minimum absolute atomic E-state index is 0.0188. The fraction of sp³-hybridized carbons (Fsp3) is 0.730. The molecule has 2 unspecified atom stereocenters. The van der Waals surface area contributed by atoms with Crippen LogP contribution in [0.25, 0.3) is 11.2 Å². The van der Waals surface area contributed by atoms with Gasteiger partial charge < -0.3 is 69.0 Å². The van der Waals surface area contributed by atoms with Gasteiger partial charge >= 0.3 is 0 Å². The second-order valence-corrected chi connectivity index (χ2v) is 21.1. The van der Waals surface area contributed by atoms with Crippen molar-refractivity contribution < 1.29 is 80.5 Å². The standard InChI is InChI=1S/C37H64N7O17P3S/c1-4-5-6-7-8-9-10-11-12-13-14-15-16-17-28(46)65-21-20-39-27(45)18-19-40-35(49)32(48)37(2,3)23-58-64(55,56)61-63(53,54)57-22-26-31(60-62(50,51)52)30(47)36(59-26)44-25-43-29-33(38)41-24-42-34(29)44/h4-5,24-26,30-32,36,47-48H,6-23H2,1-3H3,(H,39,45)(H,40,49)(H,53,54)(H,55,56)(H2,38,41,42)(H2,50,51,52)/p-4/b5-4-/t26-,30-,31-,32+,36-/m1/s1. The number of carbonyl (C=O) groups is 3. The maximum absolute atomic E-state index is 12.6. The molecule has 2 aromatic heterocycles. The Labute approximate surface area is 381 Å². The summed E-state index contributed by atoms with van der Waals surface area (Å²) in [6.07, 6.45) is 10.0. The van der Waals surface area contributed by atoms with E-state index in [1.807, 2.05) is 6.92 Å². The molecule has 28 heteroatoms. The Bertz CT molecular complexity index is 2010. The van der Waals surface area contributed by atoms with Crippen LogP contribution >= 0.6 is 35.2 Å². The number of imidazole rings is 1. The minimum Gasteiger partial charge on any atom is -0.790 e. The van der Waals surface area contributed by atoms with Crippen LogP contribution < -0.4 is 35.9 Å². The van der Waals surface area contributed by atoms with Crippen molar-refractivity contribution >= 4 is 69.1 Å². The number of nitrogens with zero attached hydrogens (tertiary/aromatic N) is 4. The van der Waals surface area contributed by atoms with Gasteiger partial charge in [0.05, 0.1) is 27.4 Å². The normalized spacial score (nSPS) is 20.4. The van der Waals surface area contributed by atoms with E-state index in [1.165, 1.54) is 58.8 Å². The lowest BCUT2D eigenvalue weighted by Gasteiger charge is -2.36. The molecule has 2 aromatic rings. The van der Waals surface area contributed by atoms with E-state index in [1.54, 1.807) is 0 Å². The number of fused-ring (bicyclic) bond motifs is 1. The summed E-state index contributed by atoms with van der Waals surface area (Å²) in [7, 11) is -17.6. The van der Waals surface area contributed by atoms with Crippen LogP contribution in [0.5, 0.6) is 0 Å². The SMILES string of the molecule is C/C=C\CCCCCCCCCCCCC(=O)SCCNC(=O)CCNC(=O)[C@H](O)C(C)(C)COP(=O)([O-])OP(=O)([O-])OC[C@H]1O[C@@H](n2cnc3c(N)ncnc32)[C@H](O)[C@@H]1OP(=O)([O-])[O-]. The summed E-state index contributed by atoms with van der Waals surface area (Å²) in [4.78, 5) is 96.7. The molecule has 370 valence electrons. The van der Waals surface area contributed by atoms with Crippen LogP contribution in [0.15, 0.2) is 24.8 Å². The average molecular weight is 1000 g/mol. The van der Waals surface area contributed by atoms with Gasteiger partial charge in [-0.05, 0) is 26.2 Å². The van der Waals surface area contributed by atoms with Crippen molar-refractivity contribution in [1.29, 1.82) is 0 Å². The number of ether oxygens (including phenoxy) is 1. The molecular formula is C37H60N7O17P3S-4. The Balaban J connectivity index is 1.33. The highest BCUT2D eigenvalue weighted by Crippen LogP contribution is 2.56. The van der Waals surface area contributed by atoms with Gasteiger partial charge in [0.25, 0.3) is 15.6 Å². The van der Waals surface area contributed by atoms with E-state index in [2.05, 4.69) is 55.6 Å². The molecule has 1 aliphatic rings. The number of allylic oxidation sites excluding steroid dienone is 2. The van der Waals surface area contributed by atoms with Gasteiger partial charge in [-0.15, -0.1) is 0 Å². The molecule has 1 aliphatic heterocycles. The third kappa shape index (κ3) is 20.6. The van der Waals surface area contributed by atoms with Gasteiger partial charge in [0.2, 0.25) is 11.8 Å². The molecule has 65 heavy (non-hydrogen) atoms.